The fourth-order valence-corrected chi connectivity index (χ4v) is 2.19. The lowest BCUT2D eigenvalue weighted by Gasteiger charge is -2.12. The molecule has 0 heterocycles. The van der Waals surface area contributed by atoms with Crippen molar-refractivity contribution in [3.05, 3.63) is 59.7 Å². The summed E-state index contributed by atoms with van der Waals surface area (Å²) in [5, 5.41) is 3.07. The number of benzene rings is 2. The van der Waals surface area contributed by atoms with E-state index in [1.54, 1.807) is 7.11 Å². The first-order valence-electron chi connectivity index (χ1n) is 8.02. The molecule has 0 aliphatic heterocycles. The van der Waals surface area contributed by atoms with Crippen LogP contribution in [0.15, 0.2) is 53.5 Å². The summed E-state index contributed by atoms with van der Waals surface area (Å²) in [5.74, 6) is 1.23. The highest BCUT2D eigenvalue weighted by Crippen LogP contribution is 2.21. The average molecular weight is 327 g/mol. The highest BCUT2D eigenvalue weighted by molar-refractivity contribution is 5.92. The quantitative estimate of drug-likeness (QED) is 0.443. The Balaban J connectivity index is 1.98. The van der Waals surface area contributed by atoms with Crippen LogP contribution < -0.4 is 15.8 Å². The smallest absolute Gasteiger partial charge is 0.193 e. The molecule has 0 aliphatic carbocycles. The molecular weight excluding hydrogens is 302 g/mol. The van der Waals surface area contributed by atoms with Crippen LogP contribution in [0.25, 0.3) is 0 Å². The molecule has 0 radical (unpaired) electrons. The van der Waals surface area contributed by atoms with Gasteiger partial charge in [-0.3, -0.25) is 0 Å². The first kappa shape index (κ1) is 17.8. The fraction of sp³-hybridized carbons (Fsp3) is 0.316. The molecule has 2 aromatic carbocycles. The van der Waals surface area contributed by atoms with Crippen LogP contribution in [0, 0.1) is 6.92 Å². The maximum Gasteiger partial charge on any atom is 0.193 e. The molecule has 0 saturated carbocycles. The predicted molar refractivity (Wildman–Crippen MR) is 98.6 cm³/mol. The van der Waals surface area contributed by atoms with Crippen molar-refractivity contribution < 1.29 is 9.47 Å². The summed E-state index contributed by atoms with van der Waals surface area (Å²) >= 11 is 0. The van der Waals surface area contributed by atoms with Crippen molar-refractivity contribution in [3.8, 4) is 5.75 Å². The first-order chi connectivity index (χ1) is 11.7. The Kier molecular flexibility index (Phi) is 7.11. The molecule has 0 aliphatic rings. The maximum absolute atomic E-state index is 5.95. The molecule has 0 saturated heterocycles. The molecular formula is C19H25N3O2. The normalized spacial score (nSPS) is 11.3. The molecule has 2 aromatic rings. The van der Waals surface area contributed by atoms with Gasteiger partial charge in [-0.05, 0) is 30.7 Å². The van der Waals surface area contributed by atoms with Gasteiger partial charge in [0.15, 0.2) is 5.96 Å². The average Bonchev–Trinajstić information content (AvgIpc) is 2.59. The van der Waals surface area contributed by atoms with Crippen molar-refractivity contribution in [3.63, 3.8) is 0 Å². The molecule has 0 unspecified atom stereocenters. The zero-order valence-corrected chi connectivity index (χ0v) is 14.3. The second-order valence-electron chi connectivity index (χ2n) is 5.50. The Hall–Kier alpha value is -2.53. The Labute approximate surface area is 143 Å². The number of nitrogens with zero attached hydrogens (tertiary/aromatic N) is 1. The molecule has 0 amide bonds. The molecule has 5 nitrogen and oxygen atoms in total. The van der Waals surface area contributed by atoms with E-state index in [0.29, 0.717) is 25.7 Å². The minimum Gasteiger partial charge on any atom is -0.493 e. The molecule has 0 spiro atoms. The third-order valence-corrected chi connectivity index (χ3v) is 3.44. The number of anilines is 1. The Bertz CT molecular complexity index is 657. The monoisotopic (exact) mass is 327 g/mol. The van der Waals surface area contributed by atoms with Gasteiger partial charge in [-0.1, -0.05) is 30.3 Å². The van der Waals surface area contributed by atoms with Gasteiger partial charge in [0, 0.05) is 31.4 Å². The van der Waals surface area contributed by atoms with Gasteiger partial charge < -0.3 is 20.5 Å². The van der Waals surface area contributed by atoms with Crippen molar-refractivity contribution in [2.75, 3.05) is 25.6 Å². The Morgan fingerprint density at radius 3 is 2.67 bits per heavy atom. The Morgan fingerprint density at radius 1 is 1.12 bits per heavy atom. The fourth-order valence-electron chi connectivity index (χ4n) is 2.19. The van der Waals surface area contributed by atoms with E-state index in [2.05, 4.69) is 10.3 Å². The summed E-state index contributed by atoms with van der Waals surface area (Å²) in [7, 11) is 1.69. The highest BCUT2D eigenvalue weighted by Gasteiger charge is 2.04. The minimum absolute atomic E-state index is 0.382. The van der Waals surface area contributed by atoms with Crippen molar-refractivity contribution in [2.24, 2.45) is 10.7 Å². The minimum atomic E-state index is 0.382. The van der Waals surface area contributed by atoms with Gasteiger partial charge >= 0.3 is 0 Å². The van der Waals surface area contributed by atoms with Crippen LogP contribution in [0.4, 0.5) is 5.69 Å². The van der Waals surface area contributed by atoms with E-state index in [-0.39, 0.29) is 0 Å². The predicted octanol–water partition coefficient (Wildman–Crippen LogP) is 3.34. The van der Waals surface area contributed by atoms with Crippen molar-refractivity contribution >= 4 is 11.6 Å². The van der Waals surface area contributed by atoms with E-state index in [1.807, 2.05) is 55.5 Å². The summed E-state index contributed by atoms with van der Waals surface area (Å²) < 4.78 is 10.9. The number of hydrogen-bond acceptors (Lipinski definition) is 3. The number of hydrogen-bond donors (Lipinski definition) is 2. The molecule has 0 fully saturated rings. The second-order valence-corrected chi connectivity index (χ2v) is 5.50. The van der Waals surface area contributed by atoms with E-state index in [0.717, 1.165) is 29.0 Å². The zero-order chi connectivity index (χ0) is 17.2. The highest BCUT2D eigenvalue weighted by atomic mass is 16.5. The molecule has 2 rings (SSSR count). The van der Waals surface area contributed by atoms with Gasteiger partial charge in [0.05, 0.1) is 13.2 Å². The van der Waals surface area contributed by atoms with Gasteiger partial charge in [-0.25, -0.2) is 4.99 Å². The second kappa shape index (κ2) is 9.57. The van der Waals surface area contributed by atoms with Gasteiger partial charge in [-0.2, -0.15) is 0 Å². The van der Waals surface area contributed by atoms with E-state index in [4.69, 9.17) is 15.2 Å². The van der Waals surface area contributed by atoms with Crippen LogP contribution in [-0.2, 0) is 11.3 Å². The standard InChI is InChI=1S/C19H25N3O2/c1-15-9-10-16(18(13-15)24-12-6-11-23-2)14-21-19(20)22-17-7-4-3-5-8-17/h3-5,7-10,13H,6,11-12,14H2,1-2H3,(H3,20,21,22). The summed E-state index contributed by atoms with van der Waals surface area (Å²) in [6.07, 6.45) is 0.852. The number of aryl methyl sites for hydroxylation is 1. The largest absolute Gasteiger partial charge is 0.493 e. The number of ether oxygens (including phenoxy) is 2. The van der Waals surface area contributed by atoms with E-state index in [1.165, 1.54) is 0 Å². The summed E-state index contributed by atoms with van der Waals surface area (Å²) in [6.45, 7) is 3.81. The lowest BCUT2D eigenvalue weighted by molar-refractivity contribution is 0.172. The molecule has 0 bridgehead atoms. The first-order valence-corrected chi connectivity index (χ1v) is 8.02. The van der Waals surface area contributed by atoms with Crippen molar-refractivity contribution in [1.82, 2.24) is 0 Å². The summed E-state index contributed by atoms with van der Waals surface area (Å²) in [6, 6.07) is 15.8. The van der Waals surface area contributed by atoms with E-state index < -0.39 is 0 Å². The third kappa shape index (κ3) is 5.93. The van der Waals surface area contributed by atoms with E-state index in [9.17, 15) is 0 Å². The Morgan fingerprint density at radius 2 is 1.92 bits per heavy atom. The van der Waals surface area contributed by atoms with E-state index >= 15 is 0 Å². The number of rotatable bonds is 8. The number of para-hydroxylation sites is 1. The van der Waals surface area contributed by atoms with Gasteiger partial charge in [0.1, 0.15) is 5.75 Å². The molecule has 128 valence electrons. The number of aliphatic imine (C=N–C) groups is 1. The number of nitrogens with one attached hydrogen (secondary N) is 1. The number of guanidine groups is 1. The summed E-state index contributed by atoms with van der Waals surface area (Å²) in [5.41, 5.74) is 9.03. The SMILES string of the molecule is COCCCOc1cc(C)ccc1CN=C(N)Nc1ccccc1. The molecule has 5 heteroatoms. The number of methoxy groups -OCH3 is 1. The third-order valence-electron chi connectivity index (χ3n) is 3.44. The van der Waals surface area contributed by atoms with Crippen LogP contribution in [0.2, 0.25) is 0 Å². The maximum atomic E-state index is 5.95. The molecule has 3 N–H and O–H groups in total. The molecule has 24 heavy (non-hydrogen) atoms. The zero-order valence-electron chi connectivity index (χ0n) is 14.3. The lowest BCUT2D eigenvalue weighted by Crippen LogP contribution is -2.22. The molecule has 0 aromatic heterocycles. The lowest BCUT2D eigenvalue weighted by atomic mass is 10.1. The topological polar surface area (TPSA) is 68.9 Å². The van der Waals surface area contributed by atoms with Gasteiger partial charge in [0.25, 0.3) is 0 Å². The van der Waals surface area contributed by atoms with Crippen molar-refractivity contribution in [2.45, 2.75) is 19.9 Å². The number of nitrogens with two attached hydrogens (primary N) is 1. The van der Waals surface area contributed by atoms with Gasteiger partial charge in [-0.15, -0.1) is 0 Å². The van der Waals surface area contributed by atoms with Crippen LogP contribution in [0.3, 0.4) is 0 Å². The van der Waals surface area contributed by atoms with Crippen LogP contribution in [0.5, 0.6) is 5.75 Å². The van der Waals surface area contributed by atoms with Crippen LogP contribution in [0.1, 0.15) is 17.5 Å². The van der Waals surface area contributed by atoms with Crippen LogP contribution >= 0.6 is 0 Å². The van der Waals surface area contributed by atoms with Crippen LogP contribution in [-0.4, -0.2) is 26.3 Å². The molecule has 0 atom stereocenters. The van der Waals surface area contributed by atoms with Gasteiger partial charge in [0.2, 0.25) is 0 Å². The van der Waals surface area contributed by atoms with Crippen molar-refractivity contribution in [1.29, 1.82) is 0 Å². The summed E-state index contributed by atoms with van der Waals surface area (Å²) in [4.78, 5) is 4.40.